The molecule has 2 rings (SSSR count). The van der Waals surface area contributed by atoms with Crippen LogP contribution in [0.1, 0.15) is 38.2 Å². The summed E-state index contributed by atoms with van der Waals surface area (Å²) in [6.07, 6.45) is 5.23. The lowest BCUT2D eigenvalue weighted by molar-refractivity contribution is 0.413. The number of hydrogen-bond donors (Lipinski definition) is 2. The molecule has 0 spiro atoms. The molecule has 1 saturated carbocycles. The van der Waals surface area contributed by atoms with Crippen molar-refractivity contribution >= 4 is 28.4 Å². The molecule has 4 nitrogen and oxygen atoms in total. The molecule has 3 atom stereocenters. The molecule has 1 aromatic carbocycles. The summed E-state index contributed by atoms with van der Waals surface area (Å²) in [5.41, 5.74) is 1.25. The molecule has 0 radical (unpaired) electrons. The van der Waals surface area contributed by atoms with Gasteiger partial charge >= 0.3 is 0 Å². The maximum absolute atomic E-state index is 12.0. The molecule has 1 aromatic rings. The first-order valence-electron chi connectivity index (χ1n) is 8.71. The third-order valence-electron chi connectivity index (χ3n) is 4.47. The molecule has 134 valence electrons. The van der Waals surface area contributed by atoms with E-state index in [-0.39, 0.29) is 0 Å². The van der Waals surface area contributed by atoms with Gasteiger partial charge in [-0.3, -0.25) is 9.20 Å². The Kier molecular flexibility index (Phi) is 8.06. The zero-order chi connectivity index (χ0) is 17.4. The lowest BCUT2D eigenvalue weighted by Crippen LogP contribution is -2.47. The van der Waals surface area contributed by atoms with Gasteiger partial charge in [-0.25, -0.2) is 0 Å². The van der Waals surface area contributed by atoms with E-state index in [1.165, 1.54) is 5.56 Å². The maximum atomic E-state index is 12.0. The van der Waals surface area contributed by atoms with Crippen LogP contribution in [0.3, 0.4) is 0 Å². The van der Waals surface area contributed by atoms with Crippen LogP contribution in [0.5, 0.6) is 0 Å². The molecular weight excluding hydrogens is 342 g/mol. The highest BCUT2D eigenvalue weighted by Crippen LogP contribution is 2.22. The molecule has 6 heteroatoms. The third-order valence-corrected chi connectivity index (χ3v) is 6.46. The monoisotopic (exact) mass is 369 g/mol. The van der Waals surface area contributed by atoms with E-state index in [0.717, 1.165) is 55.4 Å². The highest BCUT2D eigenvalue weighted by Gasteiger charge is 2.25. The minimum atomic E-state index is -0.694. The van der Waals surface area contributed by atoms with Crippen LogP contribution in [0.25, 0.3) is 0 Å². The van der Waals surface area contributed by atoms with E-state index in [2.05, 4.69) is 15.6 Å². The molecule has 0 bridgehead atoms. The summed E-state index contributed by atoms with van der Waals surface area (Å²) in [5.74, 6) is 1.59. The summed E-state index contributed by atoms with van der Waals surface area (Å²) in [7, 11) is 1.10. The number of nitrogens with one attached hydrogen (secondary N) is 2. The summed E-state index contributed by atoms with van der Waals surface area (Å²) >= 11 is 5.91. The quantitative estimate of drug-likeness (QED) is 0.598. The van der Waals surface area contributed by atoms with Crippen LogP contribution >= 0.6 is 11.6 Å². The fourth-order valence-corrected chi connectivity index (χ4v) is 4.59. The zero-order valence-electron chi connectivity index (χ0n) is 14.6. The Morgan fingerprint density at radius 2 is 2.08 bits per heavy atom. The normalized spacial score (nSPS) is 22.9. The first-order chi connectivity index (χ1) is 11.6. The number of nitrogens with zero attached hydrogens (tertiary/aromatic N) is 1. The van der Waals surface area contributed by atoms with E-state index in [0.29, 0.717) is 11.3 Å². The van der Waals surface area contributed by atoms with Gasteiger partial charge in [0.05, 0.1) is 0 Å². The van der Waals surface area contributed by atoms with Crippen LogP contribution < -0.4 is 10.6 Å². The van der Waals surface area contributed by atoms with Crippen molar-refractivity contribution < 1.29 is 4.21 Å². The number of rotatable bonds is 6. The van der Waals surface area contributed by atoms with Crippen molar-refractivity contribution in [3.8, 4) is 0 Å². The SMILES string of the molecule is CCS(=O)C1CCCC(NC(=NC)NCCc2ccc(Cl)cc2)C1. The number of hydrogen-bond acceptors (Lipinski definition) is 2. The number of guanidine groups is 1. The third kappa shape index (κ3) is 6.10. The van der Waals surface area contributed by atoms with Crippen molar-refractivity contribution in [2.75, 3.05) is 19.3 Å². The molecule has 24 heavy (non-hydrogen) atoms. The molecule has 2 N–H and O–H groups in total. The van der Waals surface area contributed by atoms with E-state index in [1.807, 2.05) is 31.2 Å². The molecule has 3 unspecified atom stereocenters. The van der Waals surface area contributed by atoms with Crippen molar-refractivity contribution in [2.24, 2.45) is 4.99 Å². The van der Waals surface area contributed by atoms with Crippen LogP contribution in [0.2, 0.25) is 5.02 Å². The number of benzene rings is 1. The van der Waals surface area contributed by atoms with Gasteiger partial charge in [0.25, 0.3) is 0 Å². The molecule has 1 aliphatic rings. The second-order valence-corrected chi connectivity index (χ2v) is 8.62. The Hall–Kier alpha value is -1.07. The molecule has 0 aromatic heterocycles. The van der Waals surface area contributed by atoms with Gasteiger partial charge in [0.15, 0.2) is 5.96 Å². The minimum Gasteiger partial charge on any atom is -0.356 e. The predicted molar refractivity (Wildman–Crippen MR) is 104 cm³/mol. The van der Waals surface area contributed by atoms with Gasteiger partial charge in [0.2, 0.25) is 0 Å². The highest BCUT2D eigenvalue weighted by atomic mass is 35.5. The zero-order valence-corrected chi connectivity index (χ0v) is 16.1. The van der Waals surface area contributed by atoms with Crippen molar-refractivity contribution in [2.45, 2.75) is 50.3 Å². The largest absolute Gasteiger partial charge is 0.356 e. The second-order valence-electron chi connectivity index (χ2n) is 6.17. The van der Waals surface area contributed by atoms with Gasteiger partial charge in [0, 0.05) is 46.5 Å². The fourth-order valence-electron chi connectivity index (χ4n) is 3.11. The Bertz CT molecular complexity index is 562. The van der Waals surface area contributed by atoms with Gasteiger partial charge < -0.3 is 10.6 Å². The van der Waals surface area contributed by atoms with Crippen LogP contribution in [0.15, 0.2) is 29.3 Å². The minimum absolute atomic E-state index is 0.327. The standard InChI is InChI=1S/C18H28ClN3OS/c1-3-24(23)17-6-4-5-16(13-17)22-18(20-2)21-12-11-14-7-9-15(19)10-8-14/h7-10,16-17H,3-6,11-13H2,1-2H3,(H2,20,21,22). The summed E-state index contributed by atoms with van der Waals surface area (Å²) in [4.78, 5) is 4.31. The lowest BCUT2D eigenvalue weighted by atomic mass is 9.95. The van der Waals surface area contributed by atoms with Crippen molar-refractivity contribution in [1.82, 2.24) is 10.6 Å². The van der Waals surface area contributed by atoms with Crippen LogP contribution in [0.4, 0.5) is 0 Å². The molecular formula is C18H28ClN3OS. The Morgan fingerprint density at radius 3 is 2.75 bits per heavy atom. The summed E-state index contributed by atoms with van der Waals surface area (Å²) in [6, 6.07) is 8.29. The smallest absolute Gasteiger partial charge is 0.191 e. The summed E-state index contributed by atoms with van der Waals surface area (Å²) < 4.78 is 12.0. The van der Waals surface area contributed by atoms with E-state index >= 15 is 0 Å². The average molecular weight is 370 g/mol. The molecule has 1 aliphatic carbocycles. The molecule has 0 amide bonds. The second kappa shape index (κ2) is 10.0. The van der Waals surface area contributed by atoms with Crippen LogP contribution in [-0.2, 0) is 17.2 Å². The summed E-state index contributed by atoms with van der Waals surface area (Å²) in [5, 5.41) is 7.95. The van der Waals surface area contributed by atoms with Crippen molar-refractivity contribution in [3.05, 3.63) is 34.9 Å². The van der Waals surface area contributed by atoms with Crippen molar-refractivity contribution in [1.29, 1.82) is 0 Å². The molecule has 0 saturated heterocycles. The van der Waals surface area contributed by atoms with Crippen LogP contribution in [0, 0.1) is 0 Å². The predicted octanol–water partition coefficient (Wildman–Crippen LogP) is 3.13. The van der Waals surface area contributed by atoms with Gasteiger partial charge in [-0.2, -0.15) is 0 Å². The maximum Gasteiger partial charge on any atom is 0.191 e. The van der Waals surface area contributed by atoms with E-state index in [1.54, 1.807) is 7.05 Å². The topological polar surface area (TPSA) is 53.5 Å². The molecule has 0 aliphatic heterocycles. The van der Waals surface area contributed by atoms with E-state index < -0.39 is 10.8 Å². The van der Waals surface area contributed by atoms with Gasteiger partial charge in [0.1, 0.15) is 0 Å². The average Bonchev–Trinajstić information content (AvgIpc) is 2.62. The van der Waals surface area contributed by atoms with Crippen molar-refractivity contribution in [3.63, 3.8) is 0 Å². The Balaban J connectivity index is 1.77. The fraction of sp³-hybridized carbons (Fsp3) is 0.611. The number of aliphatic imine (C=N–C) groups is 1. The first kappa shape index (κ1) is 19.3. The molecule has 0 heterocycles. The lowest BCUT2D eigenvalue weighted by Gasteiger charge is -2.30. The highest BCUT2D eigenvalue weighted by molar-refractivity contribution is 7.85. The summed E-state index contributed by atoms with van der Waals surface area (Å²) in [6.45, 7) is 2.82. The van der Waals surface area contributed by atoms with E-state index in [9.17, 15) is 4.21 Å². The first-order valence-corrected chi connectivity index (χ1v) is 10.5. The van der Waals surface area contributed by atoms with Gasteiger partial charge in [-0.05, 0) is 43.4 Å². The number of halogens is 1. The Morgan fingerprint density at radius 1 is 1.33 bits per heavy atom. The van der Waals surface area contributed by atoms with Gasteiger partial charge in [-0.15, -0.1) is 0 Å². The van der Waals surface area contributed by atoms with Gasteiger partial charge in [-0.1, -0.05) is 37.1 Å². The van der Waals surface area contributed by atoms with E-state index in [4.69, 9.17) is 11.6 Å². The Labute approximate surface area is 152 Å². The molecule has 1 fully saturated rings. The van der Waals surface area contributed by atoms with Crippen LogP contribution in [-0.4, -0.2) is 40.8 Å².